The molecule has 0 unspecified atom stereocenters. The van der Waals surface area contributed by atoms with E-state index in [4.69, 9.17) is 4.74 Å². The Labute approximate surface area is 61.6 Å². The number of hydrogen-bond acceptors (Lipinski definition) is 2. The van der Waals surface area contributed by atoms with E-state index in [2.05, 4.69) is 6.92 Å². The van der Waals surface area contributed by atoms with Gasteiger partial charge in [0, 0.05) is 0 Å². The number of carbonyl (C=O) groups excluding carboxylic acids is 1. The largest absolute Gasteiger partial charge is 0.461 e. The van der Waals surface area contributed by atoms with Crippen LogP contribution in [0.2, 0.25) is 0 Å². The second kappa shape index (κ2) is 3.04. The molecule has 1 saturated heterocycles. The average molecular weight is 142 g/mol. The third-order valence-corrected chi connectivity index (χ3v) is 2.04. The van der Waals surface area contributed by atoms with E-state index in [1.165, 1.54) is 0 Å². The van der Waals surface area contributed by atoms with Crippen LogP contribution in [0, 0.1) is 5.92 Å². The highest BCUT2D eigenvalue weighted by molar-refractivity contribution is 5.78. The summed E-state index contributed by atoms with van der Waals surface area (Å²) in [6.07, 6.45) is 3.50. The van der Waals surface area contributed by atoms with Crippen molar-refractivity contribution in [3.8, 4) is 0 Å². The highest BCUT2D eigenvalue weighted by Crippen LogP contribution is 2.26. The van der Waals surface area contributed by atoms with Crippen LogP contribution in [0.1, 0.15) is 33.1 Å². The monoisotopic (exact) mass is 142 g/mol. The van der Waals surface area contributed by atoms with Gasteiger partial charge in [0.2, 0.25) is 0 Å². The fourth-order valence-electron chi connectivity index (χ4n) is 1.25. The van der Waals surface area contributed by atoms with Crippen molar-refractivity contribution in [1.82, 2.24) is 0 Å². The van der Waals surface area contributed by atoms with Crippen molar-refractivity contribution in [2.75, 3.05) is 0 Å². The number of carbonyl (C=O) groups is 1. The summed E-state index contributed by atoms with van der Waals surface area (Å²) in [5.74, 6) is 0.209. The molecule has 0 amide bonds. The predicted octanol–water partition coefficient (Wildman–Crippen LogP) is 1.74. The lowest BCUT2D eigenvalue weighted by atomic mass is 9.93. The third-order valence-electron chi connectivity index (χ3n) is 2.04. The minimum atomic E-state index is 0.000880. The van der Waals surface area contributed by atoms with Crippen LogP contribution in [0.3, 0.4) is 0 Å². The zero-order chi connectivity index (χ0) is 7.56. The van der Waals surface area contributed by atoms with E-state index in [1.54, 1.807) is 0 Å². The van der Waals surface area contributed by atoms with Gasteiger partial charge in [0.1, 0.15) is 6.10 Å². The van der Waals surface area contributed by atoms with Crippen molar-refractivity contribution in [2.24, 2.45) is 5.92 Å². The molecular formula is C8H14O2. The molecule has 2 nitrogen and oxygen atoms in total. The van der Waals surface area contributed by atoms with E-state index in [1.807, 2.05) is 6.92 Å². The van der Waals surface area contributed by atoms with Crippen LogP contribution in [0.5, 0.6) is 0 Å². The van der Waals surface area contributed by atoms with E-state index in [0.29, 0.717) is 0 Å². The quantitative estimate of drug-likeness (QED) is 0.561. The first-order valence-corrected chi connectivity index (χ1v) is 3.96. The molecule has 58 valence electrons. The Kier molecular flexibility index (Phi) is 2.30. The minimum absolute atomic E-state index is 0.000880. The summed E-state index contributed by atoms with van der Waals surface area (Å²) >= 11 is 0. The summed E-state index contributed by atoms with van der Waals surface area (Å²) in [4.78, 5) is 10.7. The maximum absolute atomic E-state index is 10.7. The highest BCUT2D eigenvalue weighted by Gasteiger charge is 2.37. The molecule has 0 radical (unpaired) electrons. The van der Waals surface area contributed by atoms with E-state index in [-0.39, 0.29) is 18.0 Å². The molecule has 0 spiro atoms. The van der Waals surface area contributed by atoms with Gasteiger partial charge in [-0.05, 0) is 13.3 Å². The molecule has 2 heteroatoms. The van der Waals surface area contributed by atoms with Crippen molar-refractivity contribution < 1.29 is 9.53 Å². The maximum Gasteiger partial charge on any atom is 0.312 e. The zero-order valence-electron chi connectivity index (χ0n) is 6.59. The first kappa shape index (κ1) is 7.58. The van der Waals surface area contributed by atoms with Gasteiger partial charge in [-0.1, -0.05) is 19.8 Å². The predicted molar refractivity (Wildman–Crippen MR) is 38.6 cm³/mol. The Morgan fingerprint density at radius 2 is 2.30 bits per heavy atom. The molecule has 0 aromatic rings. The van der Waals surface area contributed by atoms with Gasteiger partial charge in [0.15, 0.2) is 0 Å². The van der Waals surface area contributed by atoms with Crippen LogP contribution in [0.15, 0.2) is 0 Å². The molecule has 1 rings (SSSR count). The molecular weight excluding hydrogens is 128 g/mol. The fourth-order valence-corrected chi connectivity index (χ4v) is 1.25. The Bertz CT molecular complexity index is 131. The molecule has 0 aromatic carbocycles. The van der Waals surface area contributed by atoms with Gasteiger partial charge in [0.25, 0.3) is 0 Å². The number of rotatable bonds is 3. The standard InChI is InChI=1S/C8H14O2/c1-3-4-5-7-6(2)10-8(7)9/h6-7H,3-5H2,1-2H3/t6-,7-/m1/s1. The smallest absolute Gasteiger partial charge is 0.312 e. The van der Waals surface area contributed by atoms with Gasteiger partial charge in [-0.25, -0.2) is 0 Å². The number of unbranched alkanes of at least 4 members (excludes halogenated alkanes) is 1. The van der Waals surface area contributed by atoms with Crippen LogP contribution in [-0.2, 0) is 9.53 Å². The van der Waals surface area contributed by atoms with Gasteiger partial charge in [-0.15, -0.1) is 0 Å². The molecule has 0 saturated carbocycles. The zero-order valence-corrected chi connectivity index (χ0v) is 6.59. The van der Waals surface area contributed by atoms with Crippen LogP contribution >= 0.6 is 0 Å². The van der Waals surface area contributed by atoms with Gasteiger partial charge < -0.3 is 4.74 Å². The van der Waals surface area contributed by atoms with E-state index in [9.17, 15) is 4.79 Å². The van der Waals surface area contributed by atoms with Crippen molar-refractivity contribution >= 4 is 5.97 Å². The summed E-state index contributed by atoms with van der Waals surface area (Å²) in [6.45, 7) is 4.09. The molecule has 0 N–H and O–H groups in total. The molecule has 10 heavy (non-hydrogen) atoms. The molecule has 0 aromatic heterocycles. The Morgan fingerprint density at radius 1 is 1.60 bits per heavy atom. The molecule has 1 aliphatic heterocycles. The molecule has 2 atom stereocenters. The highest BCUT2D eigenvalue weighted by atomic mass is 16.6. The second-order valence-corrected chi connectivity index (χ2v) is 2.89. The van der Waals surface area contributed by atoms with Gasteiger partial charge in [-0.2, -0.15) is 0 Å². The SMILES string of the molecule is CCCC[C@H]1C(=O)O[C@@H]1C. The van der Waals surface area contributed by atoms with Crippen molar-refractivity contribution in [3.05, 3.63) is 0 Å². The van der Waals surface area contributed by atoms with Gasteiger partial charge in [0.05, 0.1) is 5.92 Å². The number of ether oxygens (including phenoxy) is 1. The lowest BCUT2D eigenvalue weighted by Crippen LogP contribution is -2.42. The Hall–Kier alpha value is -0.530. The van der Waals surface area contributed by atoms with Crippen LogP contribution in [0.4, 0.5) is 0 Å². The summed E-state index contributed by atoms with van der Waals surface area (Å²) < 4.78 is 4.81. The average Bonchev–Trinajstić information content (AvgIpc) is 1.89. The first-order valence-electron chi connectivity index (χ1n) is 3.96. The lowest BCUT2D eigenvalue weighted by Gasteiger charge is -2.32. The summed E-state index contributed by atoms with van der Waals surface area (Å²) in [5, 5.41) is 0. The van der Waals surface area contributed by atoms with Crippen LogP contribution in [0.25, 0.3) is 0 Å². The lowest BCUT2D eigenvalue weighted by molar-refractivity contribution is -0.182. The number of hydrogen-bond donors (Lipinski definition) is 0. The Balaban J connectivity index is 2.20. The number of cyclic esters (lactones) is 1. The minimum Gasteiger partial charge on any atom is -0.461 e. The van der Waals surface area contributed by atoms with E-state index < -0.39 is 0 Å². The molecule has 0 aliphatic carbocycles. The Morgan fingerprint density at radius 3 is 2.70 bits per heavy atom. The first-order chi connectivity index (χ1) is 4.75. The summed E-state index contributed by atoms with van der Waals surface area (Å²) in [7, 11) is 0. The number of esters is 1. The van der Waals surface area contributed by atoms with Crippen LogP contribution in [-0.4, -0.2) is 12.1 Å². The topological polar surface area (TPSA) is 26.3 Å². The van der Waals surface area contributed by atoms with Crippen molar-refractivity contribution in [3.63, 3.8) is 0 Å². The molecule has 0 bridgehead atoms. The summed E-state index contributed by atoms with van der Waals surface area (Å²) in [6, 6.07) is 0. The fraction of sp³-hybridized carbons (Fsp3) is 0.875. The third kappa shape index (κ3) is 1.31. The summed E-state index contributed by atoms with van der Waals surface area (Å²) in [5.41, 5.74) is 0. The molecule has 1 fully saturated rings. The van der Waals surface area contributed by atoms with Gasteiger partial charge >= 0.3 is 5.97 Å². The normalized spacial score (nSPS) is 31.2. The van der Waals surface area contributed by atoms with E-state index >= 15 is 0 Å². The maximum atomic E-state index is 10.7. The van der Waals surface area contributed by atoms with Gasteiger partial charge in [-0.3, -0.25) is 4.79 Å². The van der Waals surface area contributed by atoms with E-state index in [0.717, 1.165) is 19.3 Å². The van der Waals surface area contributed by atoms with Crippen molar-refractivity contribution in [2.45, 2.75) is 39.2 Å². The van der Waals surface area contributed by atoms with Crippen molar-refractivity contribution in [1.29, 1.82) is 0 Å². The van der Waals surface area contributed by atoms with Crippen LogP contribution < -0.4 is 0 Å². The molecule has 1 aliphatic rings. The molecule has 1 heterocycles. The second-order valence-electron chi connectivity index (χ2n) is 2.89.